The van der Waals surface area contributed by atoms with Gasteiger partial charge in [-0.25, -0.2) is 0 Å². The first-order valence-corrected chi connectivity index (χ1v) is 28.1. The number of anilines is 9. The van der Waals surface area contributed by atoms with Crippen molar-refractivity contribution in [2.24, 2.45) is 0 Å². The molecule has 388 valence electrons. The number of unbranched alkanes of at least 4 members (excludes halogenated alkanes) is 3. The first-order valence-electron chi connectivity index (χ1n) is 28.1. The minimum atomic E-state index is 0.211. The van der Waals surface area contributed by atoms with Gasteiger partial charge in [0.05, 0.1) is 6.10 Å². The van der Waals surface area contributed by atoms with E-state index in [1.54, 1.807) is 0 Å². The number of hydrogen-bond acceptors (Lipinski definition) is 4. The highest BCUT2D eigenvalue weighted by molar-refractivity contribution is 5.84. The molecule has 1 unspecified atom stereocenters. The van der Waals surface area contributed by atoms with Gasteiger partial charge in [0.2, 0.25) is 0 Å². The highest BCUT2D eigenvalue weighted by Crippen LogP contribution is 2.41. The van der Waals surface area contributed by atoms with Crippen molar-refractivity contribution < 1.29 is 4.74 Å². The van der Waals surface area contributed by atoms with Gasteiger partial charge in [-0.1, -0.05) is 203 Å². The van der Waals surface area contributed by atoms with Crippen LogP contribution in [0.2, 0.25) is 0 Å². The fourth-order valence-electron chi connectivity index (χ4n) is 10.6. The second-order valence-corrected chi connectivity index (χ2v) is 20.2. The van der Waals surface area contributed by atoms with Crippen molar-refractivity contribution >= 4 is 51.2 Å². The van der Waals surface area contributed by atoms with Crippen LogP contribution in [0, 0.1) is 0 Å². The minimum Gasteiger partial charge on any atom is -0.490 e. The van der Waals surface area contributed by atoms with Gasteiger partial charge in [-0.15, -0.1) is 0 Å². The number of hydrogen-bond donors (Lipinski definition) is 0. The van der Waals surface area contributed by atoms with E-state index in [1.807, 2.05) is 0 Å². The Kier molecular flexibility index (Phi) is 16.5. The molecule has 11 aromatic rings. The van der Waals surface area contributed by atoms with E-state index in [4.69, 9.17) is 4.74 Å². The molecule has 0 saturated heterocycles. The molecule has 0 fully saturated rings. The normalized spacial score (nSPS) is 11.4. The summed E-state index contributed by atoms with van der Waals surface area (Å²) in [6.45, 7) is 4.49. The van der Waals surface area contributed by atoms with Crippen LogP contribution in [0.3, 0.4) is 0 Å². The zero-order chi connectivity index (χ0) is 53.6. The van der Waals surface area contributed by atoms with Crippen molar-refractivity contribution in [1.82, 2.24) is 0 Å². The molecular formula is C75H67N3O. The van der Waals surface area contributed by atoms with E-state index < -0.39 is 0 Å². The number of nitrogens with zero attached hydrogens (tertiary/aromatic N) is 3. The van der Waals surface area contributed by atoms with Gasteiger partial charge in [-0.3, -0.25) is 0 Å². The average molecular weight is 1030 g/mol. The second-order valence-electron chi connectivity index (χ2n) is 20.2. The van der Waals surface area contributed by atoms with Crippen LogP contribution in [0.4, 0.5) is 51.2 Å². The number of para-hydroxylation sites is 2. The zero-order valence-corrected chi connectivity index (χ0v) is 45.3. The highest BCUT2D eigenvalue weighted by atomic mass is 16.5. The third-order valence-corrected chi connectivity index (χ3v) is 14.9. The van der Waals surface area contributed by atoms with Crippen LogP contribution < -0.4 is 19.4 Å². The van der Waals surface area contributed by atoms with Gasteiger partial charge in [0.1, 0.15) is 5.75 Å². The van der Waals surface area contributed by atoms with E-state index in [0.29, 0.717) is 0 Å². The lowest BCUT2D eigenvalue weighted by Gasteiger charge is -2.27. The molecule has 0 aliphatic rings. The van der Waals surface area contributed by atoms with Crippen LogP contribution >= 0.6 is 0 Å². The predicted octanol–water partition coefficient (Wildman–Crippen LogP) is 21.9. The largest absolute Gasteiger partial charge is 0.490 e. The van der Waals surface area contributed by atoms with Crippen molar-refractivity contribution in [3.63, 3.8) is 0 Å². The molecular weight excluding hydrogens is 959 g/mol. The van der Waals surface area contributed by atoms with Crippen molar-refractivity contribution in [3.8, 4) is 50.3 Å². The van der Waals surface area contributed by atoms with Crippen molar-refractivity contribution in [1.29, 1.82) is 0 Å². The van der Waals surface area contributed by atoms with Crippen LogP contribution in [-0.2, 0) is 0 Å². The summed E-state index contributed by atoms with van der Waals surface area (Å²) >= 11 is 0. The summed E-state index contributed by atoms with van der Waals surface area (Å²) in [4.78, 5) is 6.98. The maximum Gasteiger partial charge on any atom is 0.119 e. The fraction of sp³-hybridized carbons (Fsp3) is 0.120. The Morgan fingerprint density at radius 2 is 0.494 bits per heavy atom. The molecule has 0 bridgehead atoms. The average Bonchev–Trinajstić information content (AvgIpc) is 3.54. The standard InChI is InChI=1S/C75H67N3O/c1-3-5-6-19-28-74(4-2)79-75-55-53-73(54-56-75)78(71-49-37-63(38-50-71)61-33-45-69(46-34-61)76(65-24-15-9-16-25-65)67-41-29-59(30-42-67)57-20-11-7-12-21-57)72-51-39-64(40-52-72)62-35-47-70(48-36-62)77(66-26-17-10-18-27-66)68-43-31-60(32-44-68)58-22-13-8-14-23-58/h7-18,20-27,29-56,74H,3-6,19,28H2,1-2H3. The van der Waals surface area contributed by atoms with E-state index in [-0.39, 0.29) is 6.10 Å². The van der Waals surface area contributed by atoms with E-state index in [0.717, 1.165) is 92.0 Å². The van der Waals surface area contributed by atoms with Gasteiger partial charge in [0.25, 0.3) is 0 Å². The summed E-state index contributed by atoms with van der Waals surface area (Å²) in [5.41, 5.74) is 19.2. The third kappa shape index (κ3) is 12.4. The van der Waals surface area contributed by atoms with E-state index in [9.17, 15) is 0 Å². The summed E-state index contributed by atoms with van der Waals surface area (Å²) < 4.78 is 6.58. The molecule has 4 heteroatoms. The SMILES string of the molecule is CCCCCCC(CC)Oc1ccc(N(c2ccc(-c3ccc(N(c4ccccc4)c4ccc(-c5ccccc5)cc4)cc3)cc2)c2ccc(-c3ccc(N(c4ccccc4)c4ccc(-c5ccccc5)cc4)cc3)cc2)cc1. The molecule has 0 N–H and O–H groups in total. The zero-order valence-electron chi connectivity index (χ0n) is 45.3. The van der Waals surface area contributed by atoms with E-state index in [2.05, 4.69) is 320 Å². The Labute approximate surface area is 468 Å². The van der Waals surface area contributed by atoms with Gasteiger partial charge in [0.15, 0.2) is 0 Å². The van der Waals surface area contributed by atoms with Gasteiger partial charge < -0.3 is 19.4 Å². The first-order chi connectivity index (χ1) is 39.1. The van der Waals surface area contributed by atoms with Crippen LogP contribution in [0.1, 0.15) is 52.4 Å². The molecule has 0 radical (unpaired) electrons. The summed E-state index contributed by atoms with van der Waals surface area (Å²) in [6.07, 6.45) is 7.26. The molecule has 11 rings (SSSR count). The first kappa shape index (κ1) is 51.7. The number of rotatable bonds is 21. The quantitative estimate of drug-likeness (QED) is 0.0668. The van der Waals surface area contributed by atoms with Crippen molar-refractivity contribution in [3.05, 3.63) is 291 Å². The van der Waals surface area contributed by atoms with Gasteiger partial charge >= 0.3 is 0 Å². The molecule has 0 aliphatic heterocycles. The molecule has 0 spiro atoms. The molecule has 0 amide bonds. The van der Waals surface area contributed by atoms with Crippen LogP contribution in [-0.4, -0.2) is 6.10 Å². The molecule has 1 atom stereocenters. The maximum atomic E-state index is 6.58. The Balaban J connectivity index is 0.862. The fourth-order valence-corrected chi connectivity index (χ4v) is 10.6. The summed E-state index contributed by atoms with van der Waals surface area (Å²) in [5, 5.41) is 0. The maximum absolute atomic E-state index is 6.58. The lowest BCUT2D eigenvalue weighted by molar-refractivity contribution is 0.182. The van der Waals surface area contributed by atoms with E-state index >= 15 is 0 Å². The molecule has 79 heavy (non-hydrogen) atoms. The summed E-state index contributed by atoms with van der Waals surface area (Å²) in [5.74, 6) is 0.911. The van der Waals surface area contributed by atoms with Gasteiger partial charge in [-0.2, -0.15) is 0 Å². The summed E-state index contributed by atoms with van der Waals surface area (Å²) in [7, 11) is 0. The number of ether oxygens (including phenoxy) is 1. The Morgan fingerprint density at radius 3 is 0.759 bits per heavy atom. The van der Waals surface area contributed by atoms with Gasteiger partial charge in [-0.05, 0) is 185 Å². The molecule has 0 saturated carbocycles. The smallest absolute Gasteiger partial charge is 0.119 e. The number of benzene rings is 11. The minimum absolute atomic E-state index is 0.211. The Bertz CT molecular complexity index is 3380. The lowest BCUT2D eigenvalue weighted by Crippen LogP contribution is -2.15. The molecule has 0 aromatic heterocycles. The lowest BCUT2D eigenvalue weighted by atomic mass is 10.0. The summed E-state index contributed by atoms with van der Waals surface area (Å²) in [6, 6.07) is 104. The van der Waals surface area contributed by atoms with Crippen molar-refractivity contribution in [2.75, 3.05) is 14.7 Å². The monoisotopic (exact) mass is 1030 g/mol. The van der Waals surface area contributed by atoms with Crippen molar-refractivity contribution in [2.45, 2.75) is 58.5 Å². The molecule has 0 heterocycles. The second kappa shape index (κ2) is 25.2. The van der Waals surface area contributed by atoms with Gasteiger partial charge in [0, 0.05) is 51.2 Å². The highest BCUT2D eigenvalue weighted by Gasteiger charge is 2.18. The molecule has 0 aliphatic carbocycles. The Morgan fingerprint density at radius 1 is 0.253 bits per heavy atom. The molecule has 4 nitrogen and oxygen atoms in total. The van der Waals surface area contributed by atoms with E-state index in [1.165, 1.54) is 47.9 Å². The van der Waals surface area contributed by atoms with Crippen LogP contribution in [0.25, 0.3) is 44.5 Å². The van der Waals surface area contributed by atoms with Crippen LogP contribution in [0.15, 0.2) is 291 Å². The molecule has 11 aromatic carbocycles. The van der Waals surface area contributed by atoms with Crippen LogP contribution in [0.5, 0.6) is 5.75 Å². The topological polar surface area (TPSA) is 19.0 Å². The third-order valence-electron chi connectivity index (χ3n) is 14.9. The Hall–Kier alpha value is -9.38. The predicted molar refractivity (Wildman–Crippen MR) is 336 cm³/mol.